The van der Waals surface area contributed by atoms with Gasteiger partial charge in [-0.05, 0) is 19.3 Å². The number of carbonyl (C=O) groups excluding carboxylic acids is 1. The molecule has 0 aromatic carbocycles. The quantitative estimate of drug-likeness (QED) is 0.309. The molecule has 0 radical (unpaired) electrons. The van der Waals surface area contributed by atoms with Crippen LogP contribution in [0.25, 0.3) is 0 Å². The van der Waals surface area contributed by atoms with Crippen LogP contribution in [0.3, 0.4) is 0 Å². The highest BCUT2D eigenvalue weighted by Crippen LogP contribution is 2.19. The number of carbonyl (C=O) groups is 1. The highest BCUT2D eigenvalue weighted by molar-refractivity contribution is 14.1. The summed E-state index contributed by atoms with van der Waals surface area (Å²) in [5.74, 6) is 0. The molecule has 0 saturated carbocycles. The molecule has 0 aliphatic carbocycles. The minimum Gasteiger partial charge on any atom is -0.328 e. The summed E-state index contributed by atoms with van der Waals surface area (Å²) in [6, 6.07) is 0.285. The van der Waals surface area contributed by atoms with Crippen molar-refractivity contribution in [1.82, 2.24) is 4.90 Å². The molecule has 0 aromatic heterocycles. The van der Waals surface area contributed by atoms with E-state index in [-0.39, 0.29) is 9.96 Å². The molecule has 62 valence electrons. The van der Waals surface area contributed by atoms with Crippen molar-refractivity contribution in [2.75, 3.05) is 6.54 Å². The Bertz CT molecular complexity index is 169. The standard InChI is InChI=1S/C8H12INO/c1-2-7-5-3-4-6-10(7)8(9)11/h2,7H,1,3-6H2. The number of rotatable bonds is 1. The molecule has 1 saturated heterocycles. The lowest BCUT2D eigenvalue weighted by Gasteiger charge is -2.32. The molecule has 0 aromatic rings. The number of piperidine rings is 1. The lowest BCUT2D eigenvalue weighted by Crippen LogP contribution is -2.39. The highest BCUT2D eigenvalue weighted by Gasteiger charge is 2.21. The van der Waals surface area contributed by atoms with Crippen molar-refractivity contribution in [1.29, 1.82) is 0 Å². The van der Waals surface area contributed by atoms with Crippen LogP contribution < -0.4 is 0 Å². The summed E-state index contributed by atoms with van der Waals surface area (Å²) in [5, 5.41) is 0. The Morgan fingerprint density at radius 3 is 2.82 bits per heavy atom. The Balaban J connectivity index is 2.58. The van der Waals surface area contributed by atoms with E-state index in [0.717, 1.165) is 19.4 Å². The van der Waals surface area contributed by atoms with Crippen molar-refractivity contribution >= 4 is 26.5 Å². The Hall–Kier alpha value is -0.0600. The first-order chi connectivity index (χ1) is 5.25. The van der Waals surface area contributed by atoms with Crippen molar-refractivity contribution in [2.45, 2.75) is 25.3 Å². The van der Waals surface area contributed by atoms with Crippen LogP contribution in [0.15, 0.2) is 12.7 Å². The van der Waals surface area contributed by atoms with Crippen LogP contribution in [0.1, 0.15) is 19.3 Å². The highest BCUT2D eigenvalue weighted by atomic mass is 127. The minimum absolute atomic E-state index is 0.146. The van der Waals surface area contributed by atoms with Gasteiger partial charge in [-0.25, -0.2) is 0 Å². The van der Waals surface area contributed by atoms with Gasteiger partial charge in [0.05, 0.1) is 6.04 Å². The van der Waals surface area contributed by atoms with Gasteiger partial charge in [0.2, 0.25) is 0 Å². The Kier molecular flexibility index (Phi) is 3.36. The number of amides is 1. The first-order valence-corrected chi connectivity index (χ1v) is 4.92. The number of halogens is 1. The zero-order valence-electron chi connectivity index (χ0n) is 6.42. The molecule has 0 N–H and O–H groups in total. The van der Waals surface area contributed by atoms with Gasteiger partial charge in [0.25, 0.3) is 3.91 Å². The summed E-state index contributed by atoms with van der Waals surface area (Å²) >= 11 is 1.84. The second-order valence-electron chi connectivity index (χ2n) is 2.75. The molecule has 0 bridgehead atoms. The normalized spacial score (nSPS) is 24.8. The van der Waals surface area contributed by atoms with Gasteiger partial charge in [0.1, 0.15) is 0 Å². The van der Waals surface area contributed by atoms with E-state index in [0.29, 0.717) is 0 Å². The summed E-state index contributed by atoms with van der Waals surface area (Å²) in [7, 11) is 0. The van der Waals surface area contributed by atoms with Gasteiger partial charge < -0.3 is 4.90 Å². The second kappa shape index (κ2) is 4.09. The van der Waals surface area contributed by atoms with Gasteiger partial charge >= 0.3 is 0 Å². The predicted octanol–water partition coefficient (Wildman–Crippen LogP) is 2.58. The van der Waals surface area contributed by atoms with Crippen LogP contribution in [0, 0.1) is 0 Å². The van der Waals surface area contributed by atoms with E-state index in [4.69, 9.17) is 0 Å². The van der Waals surface area contributed by atoms with E-state index in [2.05, 4.69) is 6.58 Å². The molecule has 1 fully saturated rings. The third-order valence-corrected chi connectivity index (χ3v) is 2.67. The zero-order chi connectivity index (χ0) is 8.27. The lowest BCUT2D eigenvalue weighted by atomic mass is 10.0. The Morgan fingerprint density at radius 1 is 1.64 bits per heavy atom. The van der Waals surface area contributed by atoms with E-state index in [1.807, 2.05) is 33.6 Å². The Morgan fingerprint density at radius 2 is 2.36 bits per heavy atom. The van der Waals surface area contributed by atoms with Crippen LogP contribution in [-0.4, -0.2) is 21.4 Å². The lowest BCUT2D eigenvalue weighted by molar-refractivity contribution is 0.194. The van der Waals surface area contributed by atoms with Crippen molar-refractivity contribution in [3.63, 3.8) is 0 Å². The van der Waals surface area contributed by atoms with Crippen molar-refractivity contribution < 1.29 is 4.79 Å². The molecule has 1 atom stereocenters. The molecule has 1 unspecified atom stereocenters. The molecule has 0 spiro atoms. The topological polar surface area (TPSA) is 20.3 Å². The zero-order valence-corrected chi connectivity index (χ0v) is 8.58. The minimum atomic E-state index is 0.146. The summed E-state index contributed by atoms with van der Waals surface area (Å²) in [6.07, 6.45) is 5.31. The average Bonchev–Trinajstić information content (AvgIpc) is 2.04. The van der Waals surface area contributed by atoms with Gasteiger partial charge in [-0.1, -0.05) is 6.08 Å². The Labute approximate surface area is 80.8 Å². The maximum atomic E-state index is 11.0. The van der Waals surface area contributed by atoms with E-state index in [1.165, 1.54) is 6.42 Å². The van der Waals surface area contributed by atoms with Gasteiger partial charge in [-0.3, -0.25) is 4.79 Å². The third kappa shape index (κ3) is 2.18. The van der Waals surface area contributed by atoms with E-state index in [9.17, 15) is 4.79 Å². The first kappa shape index (κ1) is 9.03. The monoisotopic (exact) mass is 265 g/mol. The van der Waals surface area contributed by atoms with E-state index in [1.54, 1.807) is 0 Å². The van der Waals surface area contributed by atoms with Crippen LogP contribution >= 0.6 is 22.6 Å². The fourth-order valence-electron chi connectivity index (χ4n) is 1.42. The fraction of sp³-hybridized carbons (Fsp3) is 0.625. The van der Waals surface area contributed by atoms with Crippen LogP contribution in [0.2, 0.25) is 0 Å². The van der Waals surface area contributed by atoms with Gasteiger partial charge in [0, 0.05) is 29.1 Å². The molecule has 1 rings (SSSR count). The largest absolute Gasteiger partial charge is 0.328 e. The molecular formula is C8H12INO. The molecule has 3 heteroatoms. The molecule has 1 amide bonds. The van der Waals surface area contributed by atoms with Gasteiger partial charge in [-0.15, -0.1) is 6.58 Å². The number of likely N-dealkylation sites (tertiary alicyclic amines) is 1. The maximum absolute atomic E-state index is 11.0. The van der Waals surface area contributed by atoms with E-state index >= 15 is 0 Å². The molecule has 1 heterocycles. The summed E-state index contributed by atoms with van der Waals surface area (Å²) in [5.41, 5.74) is 0. The van der Waals surface area contributed by atoms with Crippen molar-refractivity contribution in [3.05, 3.63) is 12.7 Å². The molecular weight excluding hydrogens is 253 g/mol. The van der Waals surface area contributed by atoms with Crippen LogP contribution in [-0.2, 0) is 0 Å². The second-order valence-corrected chi connectivity index (χ2v) is 3.67. The van der Waals surface area contributed by atoms with E-state index < -0.39 is 0 Å². The smallest absolute Gasteiger partial charge is 0.283 e. The summed E-state index contributed by atoms with van der Waals surface area (Å²) in [4.78, 5) is 12.9. The molecule has 1 aliphatic rings. The maximum Gasteiger partial charge on any atom is 0.283 e. The summed E-state index contributed by atoms with van der Waals surface area (Å²) < 4.78 is 0.146. The van der Waals surface area contributed by atoms with Gasteiger partial charge in [0.15, 0.2) is 0 Å². The number of nitrogens with zero attached hydrogens (tertiary/aromatic N) is 1. The van der Waals surface area contributed by atoms with Crippen molar-refractivity contribution in [3.8, 4) is 0 Å². The first-order valence-electron chi connectivity index (χ1n) is 3.84. The molecule has 1 aliphatic heterocycles. The number of hydrogen-bond acceptors (Lipinski definition) is 1. The third-order valence-electron chi connectivity index (χ3n) is 2.05. The van der Waals surface area contributed by atoms with Crippen LogP contribution in [0.4, 0.5) is 4.79 Å². The summed E-state index contributed by atoms with van der Waals surface area (Å²) in [6.45, 7) is 4.62. The van der Waals surface area contributed by atoms with Crippen LogP contribution in [0.5, 0.6) is 0 Å². The molecule has 11 heavy (non-hydrogen) atoms. The van der Waals surface area contributed by atoms with Gasteiger partial charge in [-0.2, -0.15) is 0 Å². The molecule has 2 nitrogen and oxygen atoms in total. The average molecular weight is 265 g/mol. The SMILES string of the molecule is C=CC1CCCCN1C(=O)I. The number of hydrogen-bond donors (Lipinski definition) is 0. The fourth-order valence-corrected chi connectivity index (χ4v) is 2.02. The van der Waals surface area contributed by atoms with Crippen molar-refractivity contribution in [2.24, 2.45) is 0 Å². The predicted molar refractivity (Wildman–Crippen MR) is 54.0 cm³/mol.